The van der Waals surface area contributed by atoms with Crippen molar-refractivity contribution in [3.63, 3.8) is 0 Å². The third kappa shape index (κ3) is 3.54. The molecule has 4 heteroatoms. The summed E-state index contributed by atoms with van der Waals surface area (Å²) in [5, 5.41) is 0. The molecule has 0 fully saturated rings. The second-order valence-corrected chi connectivity index (χ2v) is 7.17. The summed E-state index contributed by atoms with van der Waals surface area (Å²) in [5.74, 6) is 0.499. The Balaban J connectivity index is 3.50. The Labute approximate surface area is 110 Å². The molecule has 1 unspecified atom stereocenters. The first kappa shape index (κ1) is 15.1. The maximum Gasteiger partial charge on any atom is 0.747 e. The van der Waals surface area contributed by atoms with E-state index in [0.717, 1.165) is 11.1 Å². The van der Waals surface area contributed by atoms with Crippen LogP contribution in [0.4, 0.5) is 0 Å². The van der Waals surface area contributed by atoms with E-state index in [1.54, 1.807) is 6.07 Å². The molecule has 0 aromatic heterocycles. The van der Waals surface area contributed by atoms with Crippen LogP contribution in [-0.4, -0.2) is 4.89 Å². The molecular formula is C14H22O3P+. The Hall–Kier alpha value is -0.920. The Bertz CT molecular complexity index is 453. The molecule has 0 aliphatic rings. The van der Waals surface area contributed by atoms with Crippen LogP contribution in [0, 0.1) is 0 Å². The quantitative estimate of drug-likeness (QED) is 0.814. The number of hydrogen-bond donors (Lipinski definition) is 1. The van der Waals surface area contributed by atoms with Gasteiger partial charge in [-0.15, -0.1) is 4.89 Å². The molecule has 0 aliphatic carbocycles. The molecule has 18 heavy (non-hydrogen) atoms. The highest BCUT2D eigenvalue weighted by atomic mass is 31.1. The van der Waals surface area contributed by atoms with Gasteiger partial charge in [0.15, 0.2) is 5.75 Å². The minimum atomic E-state index is -2.64. The zero-order chi connectivity index (χ0) is 14.1. The van der Waals surface area contributed by atoms with Gasteiger partial charge in [0.05, 0.1) is 0 Å². The van der Waals surface area contributed by atoms with Crippen LogP contribution in [0.25, 0.3) is 0 Å². The summed E-state index contributed by atoms with van der Waals surface area (Å²) in [6, 6.07) is 5.67. The average Bonchev–Trinajstić information content (AvgIpc) is 2.13. The molecule has 1 aromatic rings. The van der Waals surface area contributed by atoms with Crippen molar-refractivity contribution in [2.45, 2.75) is 52.4 Å². The Morgan fingerprint density at radius 1 is 1.06 bits per heavy atom. The summed E-state index contributed by atoms with van der Waals surface area (Å²) in [6.45, 7) is 12.6. The van der Waals surface area contributed by atoms with Gasteiger partial charge in [-0.3, -0.25) is 0 Å². The molecule has 0 saturated carbocycles. The summed E-state index contributed by atoms with van der Waals surface area (Å²) in [7, 11) is -2.64. The lowest BCUT2D eigenvalue weighted by atomic mass is 9.75. The summed E-state index contributed by atoms with van der Waals surface area (Å²) in [4.78, 5) is 8.98. The van der Waals surface area contributed by atoms with Crippen LogP contribution in [-0.2, 0) is 15.4 Å². The maximum absolute atomic E-state index is 10.9. The highest BCUT2D eigenvalue weighted by Crippen LogP contribution is 2.41. The van der Waals surface area contributed by atoms with E-state index < -0.39 is 8.25 Å². The lowest BCUT2D eigenvalue weighted by Crippen LogP contribution is -2.22. The van der Waals surface area contributed by atoms with Gasteiger partial charge in [-0.05, 0) is 22.5 Å². The van der Waals surface area contributed by atoms with Crippen molar-refractivity contribution in [1.82, 2.24) is 0 Å². The summed E-state index contributed by atoms with van der Waals surface area (Å²) < 4.78 is 16.0. The van der Waals surface area contributed by atoms with Crippen LogP contribution in [0.3, 0.4) is 0 Å². The van der Waals surface area contributed by atoms with Crippen LogP contribution in [0.2, 0.25) is 0 Å². The van der Waals surface area contributed by atoms with Gasteiger partial charge < -0.3 is 0 Å². The van der Waals surface area contributed by atoms with Crippen molar-refractivity contribution in [2.24, 2.45) is 0 Å². The molecule has 0 saturated heterocycles. The average molecular weight is 269 g/mol. The van der Waals surface area contributed by atoms with E-state index in [9.17, 15) is 4.57 Å². The zero-order valence-corrected chi connectivity index (χ0v) is 12.8. The Kier molecular flexibility index (Phi) is 4.19. The molecule has 1 rings (SSSR count). The molecule has 1 atom stereocenters. The lowest BCUT2D eigenvalue weighted by Gasteiger charge is -2.30. The van der Waals surface area contributed by atoms with Crippen LogP contribution in [0.5, 0.6) is 5.75 Å². The third-order valence-corrected chi connectivity index (χ3v) is 3.11. The number of rotatable bonds is 2. The van der Waals surface area contributed by atoms with E-state index in [1.165, 1.54) is 0 Å². The summed E-state index contributed by atoms with van der Waals surface area (Å²) >= 11 is 0. The van der Waals surface area contributed by atoms with E-state index in [2.05, 4.69) is 47.6 Å². The largest absolute Gasteiger partial charge is 0.747 e. The van der Waals surface area contributed by atoms with Crippen molar-refractivity contribution in [2.75, 3.05) is 0 Å². The first-order chi connectivity index (χ1) is 8.03. The monoisotopic (exact) mass is 269 g/mol. The van der Waals surface area contributed by atoms with Gasteiger partial charge in [0.1, 0.15) is 0 Å². The fourth-order valence-corrected chi connectivity index (χ4v) is 2.41. The van der Waals surface area contributed by atoms with E-state index in [0.29, 0.717) is 5.75 Å². The molecule has 0 bridgehead atoms. The molecule has 1 N–H and O–H groups in total. The lowest BCUT2D eigenvalue weighted by molar-refractivity contribution is 0.401. The molecule has 0 radical (unpaired) electrons. The van der Waals surface area contributed by atoms with Crippen LogP contribution < -0.4 is 4.52 Å². The highest BCUT2D eigenvalue weighted by molar-refractivity contribution is 7.32. The van der Waals surface area contributed by atoms with Gasteiger partial charge in [0, 0.05) is 10.1 Å². The second-order valence-electron chi connectivity index (χ2n) is 6.51. The molecule has 0 aliphatic heterocycles. The first-order valence-electron chi connectivity index (χ1n) is 6.01. The molecule has 0 heterocycles. The van der Waals surface area contributed by atoms with E-state index in [1.807, 2.05) is 6.07 Å². The van der Waals surface area contributed by atoms with Crippen LogP contribution >= 0.6 is 8.25 Å². The van der Waals surface area contributed by atoms with Crippen LogP contribution in [0.1, 0.15) is 52.7 Å². The first-order valence-corrected chi connectivity index (χ1v) is 7.14. The minimum absolute atomic E-state index is 0.0386. The fourth-order valence-electron chi connectivity index (χ4n) is 2.09. The van der Waals surface area contributed by atoms with E-state index in [-0.39, 0.29) is 10.8 Å². The normalized spacial score (nSPS) is 13.4. The van der Waals surface area contributed by atoms with Gasteiger partial charge in [0.2, 0.25) is 0 Å². The number of hydrogen-bond acceptors (Lipinski definition) is 2. The van der Waals surface area contributed by atoms with Crippen molar-refractivity contribution < 1.29 is 14.0 Å². The molecule has 100 valence electrons. The molecule has 3 nitrogen and oxygen atoms in total. The standard InChI is InChI=1S/C14H21O3P/c1-13(2,3)10-8-7-9-11(17-18(15)16)12(10)14(4,5)6/h7-9H,1-6H3/p+1. The summed E-state index contributed by atoms with van der Waals surface area (Å²) in [6.07, 6.45) is 0. The smallest absolute Gasteiger partial charge is 0.229 e. The van der Waals surface area contributed by atoms with Gasteiger partial charge >= 0.3 is 8.25 Å². The van der Waals surface area contributed by atoms with E-state index in [4.69, 9.17) is 9.42 Å². The Morgan fingerprint density at radius 2 is 1.61 bits per heavy atom. The van der Waals surface area contributed by atoms with Crippen LogP contribution in [0.15, 0.2) is 18.2 Å². The Morgan fingerprint density at radius 3 is 2.00 bits per heavy atom. The predicted octanol–water partition coefficient (Wildman–Crippen LogP) is 4.31. The highest BCUT2D eigenvalue weighted by Gasteiger charge is 2.31. The third-order valence-electron chi connectivity index (χ3n) is 2.76. The predicted molar refractivity (Wildman–Crippen MR) is 74.3 cm³/mol. The SMILES string of the molecule is CC(C)(C)c1cccc(O[P+](=O)O)c1C(C)(C)C. The van der Waals surface area contributed by atoms with Crippen molar-refractivity contribution in [1.29, 1.82) is 0 Å². The minimum Gasteiger partial charge on any atom is -0.229 e. The van der Waals surface area contributed by atoms with Gasteiger partial charge in [0.25, 0.3) is 0 Å². The zero-order valence-electron chi connectivity index (χ0n) is 11.9. The van der Waals surface area contributed by atoms with E-state index >= 15 is 0 Å². The molecular weight excluding hydrogens is 247 g/mol. The molecule has 0 amide bonds. The fraction of sp³-hybridized carbons (Fsp3) is 0.571. The summed E-state index contributed by atoms with van der Waals surface area (Å²) in [5.41, 5.74) is 1.95. The van der Waals surface area contributed by atoms with Crippen molar-refractivity contribution in [3.8, 4) is 5.75 Å². The van der Waals surface area contributed by atoms with Gasteiger partial charge in [-0.2, -0.15) is 0 Å². The van der Waals surface area contributed by atoms with Gasteiger partial charge in [-0.25, -0.2) is 4.52 Å². The molecule has 1 aromatic carbocycles. The van der Waals surface area contributed by atoms with Gasteiger partial charge in [-0.1, -0.05) is 53.7 Å². The maximum atomic E-state index is 10.9. The van der Waals surface area contributed by atoms with Crippen molar-refractivity contribution >= 4 is 8.25 Å². The topological polar surface area (TPSA) is 46.5 Å². The van der Waals surface area contributed by atoms with Crippen molar-refractivity contribution in [3.05, 3.63) is 29.3 Å². The second kappa shape index (κ2) is 4.99. The number of benzene rings is 1. The molecule has 0 spiro atoms.